The smallest absolute Gasteiger partial charge is 0.257 e. The monoisotopic (exact) mass is 373 g/mol. The van der Waals surface area contributed by atoms with E-state index in [9.17, 15) is 4.79 Å². The van der Waals surface area contributed by atoms with Crippen molar-refractivity contribution in [2.45, 2.75) is 32.7 Å². The third-order valence-electron chi connectivity index (χ3n) is 3.33. The van der Waals surface area contributed by atoms with Crippen LogP contribution in [0.5, 0.6) is 0 Å². The second kappa shape index (κ2) is 9.30. The van der Waals surface area contributed by atoms with Crippen LogP contribution in [0.1, 0.15) is 37.0 Å². The molecule has 1 heterocycles. The lowest BCUT2D eigenvalue weighted by Crippen LogP contribution is -2.38. The Kier molecular flexibility index (Phi) is 8.11. The zero-order chi connectivity index (χ0) is 15.8. The normalized spacial score (nSPS) is 12.0. The Bertz CT molecular complexity index is 470. The molecule has 1 N–H and O–H groups in total. The number of anilines is 1. The van der Waals surface area contributed by atoms with E-state index in [-0.39, 0.29) is 11.9 Å². The fraction of sp³-hybridized carbons (Fsp3) is 0.600. The van der Waals surface area contributed by atoms with Crippen LogP contribution >= 0.6 is 27.7 Å². The number of carbonyl (C=O) groups is 1. The van der Waals surface area contributed by atoms with Gasteiger partial charge in [0.15, 0.2) is 0 Å². The quantitative estimate of drug-likeness (QED) is 0.750. The van der Waals surface area contributed by atoms with Gasteiger partial charge in [-0.15, -0.1) is 0 Å². The number of halogens is 1. The number of hydrogen-bond donors (Lipinski definition) is 1. The summed E-state index contributed by atoms with van der Waals surface area (Å²) >= 11 is 5.16. The summed E-state index contributed by atoms with van der Waals surface area (Å²) in [7, 11) is 1.87. The van der Waals surface area contributed by atoms with Crippen molar-refractivity contribution in [3.63, 3.8) is 0 Å². The highest BCUT2D eigenvalue weighted by atomic mass is 79.9. The second-order valence-corrected chi connectivity index (χ2v) is 6.74. The molecule has 6 heteroatoms. The van der Waals surface area contributed by atoms with Crippen LogP contribution in [0.25, 0.3) is 0 Å². The lowest BCUT2D eigenvalue weighted by atomic mass is 10.1. The van der Waals surface area contributed by atoms with E-state index in [4.69, 9.17) is 0 Å². The van der Waals surface area contributed by atoms with Crippen LogP contribution in [-0.2, 0) is 0 Å². The van der Waals surface area contributed by atoms with Crippen LogP contribution < -0.4 is 5.32 Å². The maximum Gasteiger partial charge on any atom is 0.257 e. The van der Waals surface area contributed by atoms with Gasteiger partial charge in [0.25, 0.3) is 5.91 Å². The van der Waals surface area contributed by atoms with Gasteiger partial charge in [-0.05, 0) is 41.1 Å². The fourth-order valence-electron chi connectivity index (χ4n) is 2.04. The summed E-state index contributed by atoms with van der Waals surface area (Å²) in [6.07, 6.45) is 5.72. The van der Waals surface area contributed by atoms with Crippen molar-refractivity contribution in [3.8, 4) is 0 Å². The topological polar surface area (TPSA) is 45.2 Å². The molecular weight excluding hydrogens is 350 g/mol. The average molecular weight is 374 g/mol. The lowest BCUT2D eigenvalue weighted by Gasteiger charge is -2.27. The molecule has 1 aromatic heterocycles. The predicted molar refractivity (Wildman–Crippen MR) is 95.3 cm³/mol. The molecule has 118 valence electrons. The first-order valence-corrected chi connectivity index (χ1v) is 9.39. The van der Waals surface area contributed by atoms with Crippen molar-refractivity contribution in [2.75, 3.05) is 30.9 Å². The molecule has 0 fully saturated rings. The molecule has 0 radical (unpaired) electrons. The number of amides is 1. The summed E-state index contributed by atoms with van der Waals surface area (Å²) in [5, 5.41) is 3.23. The Morgan fingerprint density at radius 2 is 2.24 bits per heavy atom. The van der Waals surface area contributed by atoms with E-state index in [0.717, 1.165) is 29.6 Å². The van der Waals surface area contributed by atoms with Gasteiger partial charge in [-0.25, -0.2) is 4.98 Å². The summed E-state index contributed by atoms with van der Waals surface area (Å²) < 4.78 is 0.819. The molecule has 0 saturated heterocycles. The highest BCUT2D eigenvalue weighted by Gasteiger charge is 2.22. The first-order chi connectivity index (χ1) is 10.0. The van der Waals surface area contributed by atoms with Gasteiger partial charge in [-0.1, -0.05) is 13.8 Å². The summed E-state index contributed by atoms with van der Waals surface area (Å²) in [4.78, 5) is 18.9. The van der Waals surface area contributed by atoms with Crippen LogP contribution in [0.15, 0.2) is 16.7 Å². The van der Waals surface area contributed by atoms with Gasteiger partial charge in [-0.3, -0.25) is 4.79 Å². The van der Waals surface area contributed by atoms with Gasteiger partial charge < -0.3 is 10.2 Å². The zero-order valence-electron chi connectivity index (χ0n) is 13.1. The molecule has 0 aromatic carbocycles. The molecule has 0 saturated carbocycles. The van der Waals surface area contributed by atoms with Crippen LogP contribution in [0, 0.1) is 0 Å². The van der Waals surface area contributed by atoms with E-state index in [0.29, 0.717) is 11.4 Å². The van der Waals surface area contributed by atoms with Crippen LogP contribution in [0.2, 0.25) is 0 Å². The molecule has 1 amide bonds. The molecule has 0 aliphatic heterocycles. The minimum absolute atomic E-state index is 0.0169. The van der Waals surface area contributed by atoms with Gasteiger partial charge in [0.05, 0.1) is 5.56 Å². The third-order valence-corrected chi connectivity index (χ3v) is 4.48. The number of aromatic nitrogens is 1. The average Bonchev–Trinajstić information content (AvgIpc) is 2.49. The number of thioether (sulfide) groups is 1. The Balaban J connectivity index is 3.01. The van der Waals surface area contributed by atoms with Gasteiger partial charge >= 0.3 is 0 Å². The molecule has 21 heavy (non-hydrogen) atoms. The molecule has 1 unspecified atom stereocenters. The summed E-state index contributed by atoms with van der Waals surface area (Å²) in [5.74, 6) is 1.62. The Labute approximate surface area is 140 Å². The Hall–Kier alpha value is -0.750. The lowest BCUT2D eigenvalue weighted by molar-refractivity contribution is 0.0744. The molecule has 1 rings (SSSR count). The van der Waals surface area contributed by atoms with E-state index < -0.39 is 0 Å². The van der Waals surface area contributed by atoms with Gasteiger partial charge in [0.1, 0.15) is 5.82 Å². The van der Waals surface area contributed by atoms with Crippen molar-refractivity contribution < 1.29 is 4.79 Å². The maximum atomic E-state index is 12.8. The number of carbonyl (C=O) groups excluding carboxylic acids is 1. The van der Waals surface area contributed by atoms with Crippen LogP contribution in [-0.4, -0.2) is 47.4 Å². The zero-order valence-corrected chi connectivity index (χ0v) is 15.6. The van der Waals surface area contributed by atoms with Crippen molar-refractivity contribution >= 4 is 39.4 Å². The Morgan fingerprint density at radius 1 is 1.52 bits per heavy atom. The Morgan fingerprint density at radius 3 is 2.81 bits per heavy atom. The summed E-state index contributed by atoms with van der Waals surface area (Å²) in [6, 6.07) is 2.08. The highest BCUT2D eigenvalue weighted by Crippen LogP contribution is 2.21. The molecule has 0 spiro atoms. The third kappa shape index (κ3) is 5.18. The van der Waals surface area contributed by atoms with Crippen molar-refractivity contribution in [1.29, 1.82) is 0 Å². The van der Waals surface area contributed by atoms with Gasteiger partial charge in [0.2, 0.25) is 0 Å². The molecule has 1 atom stereocenters. The molecule has 0 aliphatic rings. The van der Waals surface area contributed by atoms with Crippen molar-refractivity contribution in [2.24, 2.45) is 0 Å². The van der Waals surface area contributed by atoms with E-state index >= 15 is 0 Å². The SMILES string of the molecule is CCCNc1ncc(Br)cc1C(=O)N(C)C(CC)CSC. The highest BCUT2D eigenvalue weighted by molar-refractivity contribution is 9.10. The van der Waals surface area contributed by atoms with Crippen LogP contribution in [0.3, 0.4) is 0 Å². The number of pyridine rings is 1. The molecule has 1 aromatic rings. The van der Waals surface area contributed by atoms with Crippen LogP contribution in [0.4, 0.5) is 5.82 Å². The summed E-state index contributed by atoms with van der Waals surface area (Å²) in [6.45, 7) is 5.01. The minimum Gasteiger partial charge on any atom is -0.369 e. The minimum atomic E-state index is 0.0169. The first kappa shape index (κ1) is 18.3. The largest absolute Gasteiger partial charge is 0.369 e. The molecule has 4 nitrogen and oxygen atoms in total. The van der Waals surface area contributed by atoms with E-state index in [1.165, 1.54) is 0 Å². The molecular formula is C15H24BrN3OS. The summed E-state index contributed by atoms with van der Waals surface area (Å²) in [5.41, 5.74) is 0.625. The fourth-order valence-corrected chi connectivity index (χ4v) is 3.21. The van der Waals surface area contributed by atoms with Gasteiger partial charge in [0, 0.05) is 36.1 Å². The maximum absolute atomic E-state index is 12.8. The van der Waals surface area contributed by atoms with E-state index in [1.54, 1.807) is 18.0 Å². The predicted octanol–water partition coefficient (Wildman–Crippen LogP) is 3.88. The molecule has 0 aliphatic carbocycles. The first-order valence-electron chi connectivity index (χ1n) is 7.20. The number of hydrogen-bond acceptors (Lipinski definition) is 4. The second-order valence-electron chi connectivity index (χ2n) is 4.91. The van der Waals surface area contributed by atoms with Gasteiger partial charge in [-0.2, -0.15) is 11.8 Å². The standard InChI is InChI=1S/C15H24BrN3OS/c1-5-7-17-14-13(8-11(16)9-18-14)15(20)19(3)12(6-2)10-21-4/h8-9,12H,5-7,10H2,1-4H3,(H,17,18). The number of nitrogens with zero attached hydrogens (tertiary/aromatic N) is 2. The number of nitrogens with one attached hydrogen (secondary N) is 1. The molecule has 0 bridgehead atoms. The van der Waals surface area contributed by atoms with Crippen molar-refractivity contribution in [1.82, 2.24) is 9.88 Å². The van der Waals surface area contributed by atoms with Crippen molar-refractivity contribution in [3.05, 3.63) is 22.3 Å². The number of rotatable bonds is 8. The van der Waals surface area contributed by atoms with E-state index in [1.807, 2.05) is 18.0 Å². The van der Waals surface area contributed by atoms with E-state index in [2.05, 4.69) is 46.3 Å².